The summed E-state index contributed by atoms with van der Waals surface area (Å²) < 4.78 is 10.5. The lowest BCUT2D eigenvalue weighted by Crippen LogP contribution is -2.55. The summed E-state index contributed by atoms with van der Waals surface area (Å²) in [7, 11) is 2.99. The van der Waals surface area contributed by atoms with Gasteiger partial charge in [0.1, 0.15) is 30.8 Å². The summed E-state index contributed by atoms with van der Waals surface area (Å²) in [6, 6.07) is 16.6. The minimum atomic E-state index is -0.938. The van der Waals surface area contributed by atoms with E-state index < -0.39 is 41.6 Å². The van der Waals surface area contributed by atoms with Crippen molar-refractivity contribution in [2.45, 2.75) is 58.4 Å². The average Bonchev–Trinajstić information content (AvgIpc) is 2.84. The third-order valence-corrected chi connectivity index (χ3v) is 5.46. The van der Waals surface area contributed by atoms with Crippen LogP contribution in [0.2, 0.25) is 0 Å². The Labute approximate surface area is 218 Å². The van der Waals surface area contributed by atoms with Crippen LogP contribution in [0, 0.1) is 0 Å². The van der Waals surface area contributed by atoms with Crippen molar-refractivity contribution in [1.29, 1.82) is 0 Å². The lowest BCUT2D eigenvalue weighted by molar-refractivity contribution is -0.152. The molecule has 2 rings (SSSR count). The second kappa shape index (κ2) is 13.4. The van der Waals surface area contributed by atoms with Crippen molar-refractivity contribution in [3.05, 3.63) is 71.8 Å². The molecule has 37 heavy (non-hydrogen) atoms. The first-order valence-electron chi connectivity index (χ1n) is 12.1. The molecule has 0 aliphatic rings. The van der Waals surface area contributed by atoms with Gasteiger partial charge < -0.3 is 24.6 Å². The zero-order chi connectivity index (χ0) is 27.6. The van der Waals surface area contributed by atoms with Crippen LogP contribution in [0.1, 0.15) is 38.8 Å². The van der Waals surface area contributed by atoms with Gasteiger partial charge in [0.05, 0.1) is 0 Å². The van der Waals surface area contributed by atoms with Crippen LogP contribution in [0.25, 0.3) is 0 Å². The molecule has 0 saturated heterocycles. The van der Waals surface area contributed by atoms with E-state index in [-0.39, 0.29) is 19.6 Å². The smallest absolute Gasteiger partial charge is 0.408 e. The Balaban J connectivity index is 2.10. The van der Waals surface area contributed by atoms with E-state index in [9.17, 15) is 19.2 Å². The number of nitrogens with one attached hydrogen (secondary N) is 1. The molecule has 0 bridgehead atoms. The fourth-order valence-corrected chi connectivity index (χ4v) is 3.54. The number of ether oxygens (including phenoxy) is 2. The molecule has 0 aliphatic carbocycles. The summed E-state index contributed by atoms with van der Waals surface area (Å²) in [5.41, 5.74) is 0.958. The first-order valence-corrected chi connectivity index (χ1v) is 12.1. The largest absolute Gasteiger partial charge is 0.459 e. The molecule has 0 spiro atoms. The number of esters is 1. The van der Waals surface area contributed by atoms with Gasteiger partial charge in [0.25, 0.3) is 0 Å². The standard InChI is InChI=1S/C28H37N3O6/c1-20(29-27(35)37-28(2,3)4)25(33)31(6)23(17-21-13-9-7-10-14-21)26(34)30(5)18-24(32)36-19-22-15-11-8-12-16-22/h7-16,20,23H,17-19H2,1-6H3,(H,29,35)/t20-,23+/m0/s1. The first kappa shape index (κ1) is 29.4. The van der Waals surface area contributed by atoms with Gasteiger partial charge >= 0.3 is 12.1 Å². The highest BCUT2D eigenvalue weighted by Gasteiger charge is 2.33. The Morgan fingerprint density at radius 1 is 0.865 bits per heavy atom. The molecule has 0 heterocycles. The molecule has 9 heteroatoms. The zero-order valence-corrected chi connectivity index (χ0v) is 22.4. The van der Waals surface area contributed by atoms with Crippen molar-refractivity contribution in [1.82, 2.24) is 15.1 Å². The maximum atomic E-state index is 13.4. The molecular weight excluding hydrogens is 474 g/mol. The van der Waals surface area contributed by atoms with E-state index in [0.29, 0.717) is 0 Å². The molecule has 200 valence electrons. The molecule has 0 radical (unpaired) electrons. The first-order chi connectivity index (χ1) is 17.4. The fraction of sp³-hybridized carbons (Fsp3) is 0.429. The number of hydrogen-bond donors (Lipinski definition) is 1. The molecule has 1 N–H and O–H groups in total. The van der Waals surface area contributed by atoms with Crippen molar-refractivity contribution in [2.75, 3.05) is 20.6 Å². The fourth-order valence-electron chi connectivity index (χ4n) is 3.54. The number of hydrogen-bond acceptors (Lipinski definition) is 6. The number of amides is 3. The SMILES string of the molecule is C[C@H](NC(=O)OC(C)(C)C)C(=O)N(C)[C@H](Cc1ccccc1)C(=O)N(C)CC(=O)OCc1ccccc1. The molecular formula is C28H37N3O6. The highest BCUT2D eigenvalue weighted by molar-refractivity contribution is 5.92. The Morgan fingerprint density at radius 2 is 1.41 bits per heavy atom. The van der Waals surface area contributed by atoms with Crippen molar-refractivity contribution in [2.24, 2.45) is 0 Å². The predicted molar refractivity (Wildman–Crippen MR) is 139 cm³/mol. The normalized spacial score (nSPS) is 12.6. The van der Waals surface area contributed by atoms with Crippen LogP contribution < -0.4 is 5.32 Å². The van der Waals surface area contributed by atoms with E-state index in [1.807, 2.05) is 60.7 Å². The van der Waals surface area contributed by atoms with Gasteiger partial charge in [-0.2, -0.15) is 0 Å². The lowest BCUT2D eigenvalue weighted by Gasteiger charge is -2.32. The number of nitrogens with zero attached hydrogens (tertiary/aromatic N) is 2. The molecule has 2 atom stereocenters. The van der Waals surface area contributed by atoms with Gasteiger partial charge in [0.15, 0.2) is 0 Å². The van der Waals surface area contributed by atoms with Crippen molar-refractivity contribution in [3.8, 4) is 0 Å². The van der Waals surface area contributed by atoms with Crippen LogP contribution in [0.5, 0.6) is 0 Å². The number of carbonyl (C=O) groups is 4. The second-order valence-corrected chi connectivity index (χ2v) is 9.86. The topological polar surface area (TPSA) is 105 Å². The number of carbonyl (C=O) groups excluding carboxylic acids is 4. The summed E-state index contributed by atoms with van der Waals surface area (Å²) in [5.74, 6) is -1.46. The monoisotopic (exact) mass is 511 g/mol. The van der Waals surface area contributed by atoms with Gasteiger partial charge in [0.2, 0.25) is 11.8 Å². The molecule has 9 nitrogen and oxygen atoms in total. The molecule has 0 unspecified atom stereocenters. The molecule has 0 fully saturated rings. The molecule has 0 aliphatic heterocycles. The van der Waals surface area contributed by atoms with Crippen LogP contribution in [0.4, 0.5) is 4.79 Å². The van der Waals surface area contributed by atoms with E-state index in [2.05, 4.69) is 5.32 Å². The summed E-state index contributed by atoms with van der Waals surface area (Å²) >= 11 is 0. The Bertz CT molecular complexity index is 1050. The number of benzene rings is 2. The quantitative estimate of drug-likeness (QED) is 0.492. The number of rotatable bonds is 10. The van der Waals surface area contributed by atoms with Gasteiger partial charge in [-0.25, -0.2) is 4.79 Å². The lowest BCUT2D eigenvalue weighted by atomic mass is 10.0. The Kier molecular flexibility index (Phi) is 10.7. The van der Waals surface area contributed by atoms with Crippen LogP contribution in [-0.4, -0.2) is 72.0 Å². The minimum absolute atomic E-state index is 0.0986. The third-order valence-electron chi connectivity index (χ3n) is 5.46. The van der Waals surface area contributed by atoms with E-state index in [4.69, 9.17) is 9.47 Å². The minimum Gasteiger partial charge on any atom is -0.459 e. The predicted octanol–water partition coefficient (Wildman–Crippen LogP) is 3.17. The maximum Gasteiger partial charge on any atom is 0.408 e. The van der Waals surface area contributed by atoms with Crippen LogP contribution >= 0.6 is 0 Å². The van der Waals surface area contributed by atoms with E-state index in [0.717, 1.165) is 11.1 Å². The second-order valence-electron chi connectivity index (χ2n) is 9.86. The van der Waals surface area contributed by atoms with Gasteiger partial charge in [0, 0.05) is 20.5 Å². The molecule has 0 saturated carbocycles. The van der Waals surface area contributed by atoms with Crippen molar-refractivity contribution in [3.63, 3.8) is 0 Å². The van der Waals surface area contributed by atoms with Crippen LogP contribution in [-0.2, 0) is 36.9 Å². The highest BCUT2D eigenvalue weighted by Crippen LogP contribution is 2.13. The zero-order valence-electron chi connectivity index (χ0n) is 22.4. The van der Waals surface area contributed by atoms with E-state index >= 15 is 0 Å². The van der Waals surface area contributed by atoms with Gasteiger partial charge in [-0.15, -0.1) is 0 Å². The number of likely N-dealkylation sites (N-methyl/N-ethyl adjacent to an activating group) is 2. The molecule has 0 aromatic heterocycles. The molecule has 2 aromatic carbocycles. The Morgan fingerprint density at radius 3 is 1.95 bits per heavy atom. The van der Waals surface area contributed by atoms with E-state index in [1.165, 1.54) is 30.8 Å². The van der Waals surface area contributed by atoms with Crippen LogP contribution in [0.15, 0.2) is 60.7 Å². The highest BCUT2D eigenvalue weighted by atomic mass is 16.6. The van der Waals surface area contributed by atoms with Crippen LogP contribution in [0.3, 0.4) is 0 Å². The van der Waals surface area contributed by atoms with Gasteiger partial charge in [-0.1, -0.05) is 60.7 Å². The summed E-state index contributed by atoms with van der Waals surface area (Å²) in [4.78, 5) is 53.7. The van der Waals surface area contributed by atoms with Crippen molar-refractivity contribution < 1.29 is 28.7 Å². The molecule has 2 aromatic rings. The summed E-state index contributed by atoms with van der Waals surface area (Å²) in [6.45, 7) is 6.52. The van der Waals surface area contributed by atoms with Gasteiger partial charge in [-0.3, -0.25) is 14.4 Å². The number of alkyl carbamates (subject to hydrolysis) is 1. The Hall–Kier alpha value is -3.88. The third kappa shape index (κ3) is 9.95. The summed E-state index contributed by atoms with van der Waals surface area (Å²) in [6.07, 6.45) is -0.504. The average molecular weight is 512 g/mol. The summed E-state index contributed by atoms with van der Waals surface area (Å²) in [5, 5.41) is 2.52. The van der Waals surface area contributed by atoms with E-state index in [1.54, 1.807) is 20.8 Å². The molecule has 3 amide bonds. The van der Waals surface area contributed by atoms with Gasteiger partial charge in [-0.05, 0) is 38.8 Å². The van der Waals surface area contributed by atoms with Crippen molar-refractivity contribution >= 4 is 23.9 Å². The maximum absolute atomic E-state index is 13.4.